The van der Waals surface area contributed by atoms with Crippen molar-refractivity contribution in [2.75, 3.05) is 18.2 Å². The highest BCUT2D eigenvalue weighted by Gasteiger charge is 2.31. The van der Waals surface area contributed by atoms with Crippen LogP contribution in [0.25, 0.3) is 22.0 Å². The Balaban J connectivity index is 1.34. The number of hydrogen-bond acceptors (Lipinski definition) is 4. The molecule has 0 bridgehead atoms. The number of amides is 2. The largest absolute Gasteiger partial charge is 0.349 e. The predicted octanol–water partition coefficient (Wildman–Crippen LogP) is 4.80. The van der Waals surface area contributed by atoms with Gasteiger partial charge in [-0.15, -0.1) is 11.8 Å². The number of carbonyl (C=O) groups excluding carboxylic acids is 2. The van der Waals surface area contributed by atoms with Gasteiger partial charge < -0.3 is 10.2 Å². The highest BCUT2D eigenvalue weighted by Crippen LogP contribution is 2.30. The fraction of sp³-hybridized carbons (Fsp3) is 0.250. The standard InChI is InChI=1S/C28H28N4O2S/c1-18-12-13-20(14-19(18)2)22-8-4-5-9-23(22)28(34)32-17-35-16-21(32)15-29-27(33)26-24-10-6-7-11-25(24)31(3)30-26/h4-14,21H,15-17H2,1-3H3,(H,29,33)/t21-/m1/s1. The minimum absolute atomic E-state index is 0.00800. The van der Waals surface area contributed by atoms with Crippen LogP contribution in [0.3, 0.4) is 0 Å². The van der Waals surface area contributed by atoms with E-state index in [1.54, 1.807) is 16.4 Å². The topological polar surface area (TPSA) is 67.2 Å². The molecule has 0 radical (unpaired) electrons. The quantitative estimate of drug-likeness (QED) is 0.442. The minimum atomic E-state index is -0.221. The molecule has 1 N–H and O–H groups in total. The smallest absolute Gasteiger partial charge is 0.272 e. The number of benzene rings is 3. The molecule has 0 aliphatic carbocycles. The number of hydrogen-bond donors (Lipinski definition) is 1. The maximum Gasteiger partial charge on any atom is 0.272 e. The lowest BCUT2D eigenvalue weighted by Crippen LogP contribution is -2.44. The molecular weight excluding hydrogens is 456 g/mol. The summed E-state index contributed by atoms with van der Waals surface area (Å²) in [5, 5.41) is 8.26. The number of aryl methyl sites for hydroxylation is 3. The molecule has 2 amide bonds. The first-order valence-electron chi connectivity index (χ1n) is 11.7. The molecule has 1 fully saturated rings. The molecular formula is C28H28N4O2S. The minimum Gasteiger partial charge on any atom is -0.349 e. The van der Waals surface area contributed by atoms with Crippen LogP contribution >= 0.6 is 11.8 Å². The van der Waals surface area contributed by atoms with Crippen LogP contribution in [0.2, 0.25) is 0 Å². The molecule has 2 heterocycles. The Labute approximate surface area is 209 Å². The Morgan fingerprint density at radius 2 is 1.80 bits per heavy atom. The second-order valence-electron chi connectivity index (χ2n) is 8.97. The zero-order valence-electron chi connectivity index (χ0n) is 20.1. The molecule has 0 spiro atoms. The third-order valence-electron chi connectivity index (χ3n) is 6.69. The summed E-state index contributed by atoms with van der Waals surface area (Å²) in [4.78, 5) is 28.5. The van der Waals surface area contributed by atoms with E-state index in [2.05, 4.69) is 42.5 Å². The number of thioether (sulfide) groups is 1. The fourth-order valence-corrected chi connectivity index (χ4v) is 5.74. The Kier molecular flexibility index (Phi) is 6.34. The Morgan fingerprint density at radius 3 is 2.63 bits per heavy atom. The number of para-hydroxylation sites is 1. The summed E-state index contributed by atoms with van der Waals surface area (Å²) in [6, 6.07) is 21.7. The van der Waals surface area contributed by atoms with E-state index >= 15 is 0 Å². The van der Waals surface area contributed by atoms with Gasteiger partial charge in [-0.3, -0.25) is 14.3 Å². The first kappa shape index (κ1) is 23.2. The van der Waals surface area contributed by atoms with Crippen LogP contribution in [0.5, 0.6) is 0 Å². The van der Waals surface area contributed by atoms with Gasteiger partial charge in [0, 0.05) is 30.3 Å². The molecule has 4 aromatic rings. The van der Waals surface area contributed by atoms with E-state index in [-0.39, 0.29) is 17.9 Å². The van der Waals surface area contributed by atoms with Gasteiger partial charge >= 0.3 is 0 Å². The lowest BCUT2D eigenvalue weighted by molar-refractivity contribution is 0.0736. The summed E-state index contributed by atoms with van der Waals surface area (Å²) in [6.45, 7) is 4.56. The molecule has 3 aromatic carbocycles. The van der Waals surface area contributed by atoms with E-state index in [0.29, 0.717) is 23.7 Å². The second-order valence-corrected chi connectivity index (χ2v) is 9.97. The van der Waals surface area contributed by atoms with Gasteiger partial charge in [0.25, 0.3) is 11.8 Å². The van der Waals surface area contributed by atoms with E-state index in [9.17, 15) is 9.59 Å². The third-order valence-corrected chi connectivity index (χ3v) is 7.77. The van der Waals surface area contributed by atoms with Gasteiger partial charge in [0.05, 0.1) is 17.4 Å². The van der Waals surface area contributed by atoms with Crippen molar-refractivity contribution in [1.82, 2.24) is 20.0 Å². The van der Waals surface area contributed by atoms with Crippen molar-refractivity contribution < 1.29 is 9.59 Å². The molecule has 178 valence electrons. The molecule has 1 atom stereocenters. The normalized spacial score (nSPS) is 15.5. The van der Waals surface area contributed by atoms with E-state index in [0.717, 1.165) is 27.8 Å². The van der Waals surface area contributed by atoms with Crippen LogP contribution in [0, 0.1) is 13.8 Å². The van der Waals surface area contributed by atoms with Gasteiger partial charge in [0.2, 0.25) is 0 Å². The van der Waals surface area contributed by atoms with Crippen molar-refractivity contribution in [2.45, 2.75) is 19.9 Å². The van der Waals surface area contributed by atoms with Crippen molar-refractivity contribution in [3.63, 3.8) is 0 Å². The number of nitrogens with zero attached hydrogens (tertiary/aromatic N) is 3. The van der Waals surface area contributed by atoms with Crippen LogP contribution in [0.1, 0.15) is 32.0 Å². The average Bonchev–Trinajstić information content (AvgIpc) is 3.48. The van der Waals surface area contributed by atoms with Crippen LogP contribution in [-0.2, 0) is 7.05 Å². The van der Waals surface area contributed by atoms with Crippen LogP contribution < -0.4 is 5.32 Å². The predicted molar refractivity (Wildman–Crippen MR) is 142 cm³/mol. The maximum absolute atomic E-state index is 13.7. The highest BCUT2D eigenvalue weighted by molar-refractivity contribution is 7.99. The monoisotopic (exact) mass is 484 g/mol. The molecule has 1 aliphatic heterocycles. The van der Waals surface area contributed by atoms with Gasteiger partial charge in [-0.05, 0) is 48.2 Å². The van der Waals surface area contributed by atoms with Gasteiger partial charge in [-0.2, -0.15) is 5.10 Å². The molecule has 6 nitrogen and oxygen atoms in total. The molecule has 35 heavy (non-hydrogen) atoms. The highest BCUT2D eigenvalue weighted by atomic mass is 32.2. The van der Waals surface area contributed by atoms with E-state index in [1.807, 2.05) is 60.5 Å². The summed E-state index contributed by atoms with van der Waals surface area (Å²) in [5.74, 6) is 1.15. The summed E-state index contributed by atoms with van der Waals surface area (Å²) < 4.78 is 1.72. The van der Waals surface area contributed by atoms with Crippen molar-refractivity contribution in [3.8, 4) is 11.1 Å². The van der Waals surface area contributed by atoms with Crippen molar-refractivity contribution in [3.05, 3.63) is 89.1 Å². The Morgan fingerprint density at radius 1 is 1.03 bits per heavy atom. The fourth-order valence-electron chi connectivity index (χ4n) is 4.54. The lowest BCUT2D eigenvalue weighted by Gasteiger charge is -2.25. The first-order chi connectivity index (χ1) is 16.9. The number of nitrogens with one attached hydrogen (secondary N) is 1. The van der Waals surface area contributed by atoms with Crippen molar-refractivity contribution in [1.29, 1.82) is 0 Å². The third kappa shape index (κ3) is 4.44. The van der Waals surface area contributed by atoms with E-state index in [4.69, 9.17) is 0 Å². The lowest BCUT2D eigenvalue weighted by atomic mass is 9.96. The molecule has 0 unspecified atom stereocenters. The summed E-state index contributed by atoms with van der Waals surface area (Å²) >= 11 is 1.71. The van der Waals surface area contributed by atoms with Crippen molar-refractivity contribution >= 4 is 34.5 Å². The summed E-state index contributed by atoms with van der Waals surface area (Å²) in [7, 11) is 1.83. The molecule has 7 heteroatoms. The average molecular weight is 485 g/mol. The molecule has 1 aliphatic rings. The number of aromatic nitrogens is 2. The van der Waals surface area contributed by atoms with Crippen LogP contribution in [0.15, 0.2) is 66.7 Å². The Bertz CT molecular complexity index is 1430. The van der Waals surface area contributed by atoms with Gasteiger partial charge in [0.15, 0.2) is 5.69 Å². The van der Waals surface area contributed by atoms with Gasteiger partial charge in [0.1, 0.15) is 0 Å². The zero-order valence-corrected chi connectivity index (χ0v) is 20.9. The van der Waals surface area contributed by atoms with Crippen molar-refractivity contribution in [2.24, 2.45) is 7.05 Å². The molecule has 1 saturated heterocycles. The zero-order chi connectivity index (χ0) is 24.5. The van der Waals surface area contributed by atoms with Gasteiger partial charge in [-0.1, -0.05) is 54.6 Å². The first-order valence-corrected chi connectivity index (χ1v) is 12.8. The summed E-state index contributed by atoms with van der Waals surface area (Å²) in [6.07, 6.45) is 0. The van der Waals surface area contributed by atoms with E-state index < -0.39 is 0 Å². The molecule has 1 aromatic heterocycles. The summed E-state index contributed by atoms with van der Waals surface area (Å²) in [5.41, 5.74) is 6.40. The number of fused-ring (bicyclic) bond motifs is 1. The van der Waals surface area contributed by atoms with Crippen LogP contribution in [-0.4, -0.2) is 50.7 Å². The van der Waals surface area contributed by atoms with E-state index in [1.165, 1.54) is 11.1 Å². The molecule has 5 rings (SSSR count). The second kappa shape index (κ2) is 9.58. The number of rotatable bonds is 5. The van der Waals surface area contributed by atoms with Crippen LogP contribution in [0.4, 0.5) is 0 Å². The maximum atomic E-state index is 13.7. The SMILES string of the molecule is Cc1ccc(-c2ccccc2C(=O)N2CSC[C@H]2CNC(=O)c2nn(C)c3ccccc23)cc1C. The number of carbonyl (C=O) groups is 2. The Hall–Kier alpha value is -3.58. The molecule has 0 saturated carbocycles. The van der Waals surface area contributed by atoms with Gasteiger partial charge in [-0.25, -0.2) is 0 Å².